The third-order valence-electron chi connectivity index (χ3n) is 2.84. The van der Waals surface area contributed by atoms with Gasteiger partial charge in [0.1, 0.15) is 6.07 Å². The Kier molecular flexibility index (Phi) is 5.21. The average Bonchev–Trinajstić information content (AvgIpc) is 2.52. The summed E-state index contributed by atoms with van der Waals surface area (Å²) in [6.07, 6.45) is 1.78. The van der Waals surface area contributed by atoms with Crippen molar-refractivity contribution in [3.8, 4) is 17.6 Å². The van der Waals surface area contributed by atoms with Crippen molar-refractivity contribution in [1.82, 2.24) is 5.01 Å². The third kappa shape index (κ3) is 3.87. The predicted octanol–water partition coefficient (Wildman–Crippen LogP) is 1.26. The van der Waals surface area contributed by atoms with Crippen molar-refractivity contribution in [1.29, 1.82) is 5.26 Å². The molecule has 1 saturated heterocycles. The first-order valence-corrected chi connectivity index (χ1v) is 6.38. The van der Waals surface area contributed by atoms with E-state index in [-0.39, 0.29) is 6.61 Å². The lowest BCUT2D eigenvalue weighted by Crippen LogP contribution is -2.32. The van der Waals surface area contributed by atoms with Gasteiger partial charge in [-0.15, -0.1) is 0 Å². The van der Waals surface area contributed by atoms with E-state index in [1.54, 1.807) is 19.4 Å². The van der Waals surface area contributed by atoms with Gasteiger partial charge in [-0.2, -0.15) is 10.4 Å². The highest BCUT2D eigenvalue weighted by atomic mass is 16.5. The Morgan fingerprint density at radius 1 is 1.40 bits per heavy atom. The summed E-state index contributed by atoms with van der Waals surface area (Å²) in [5, 5.41) is 14.9. The monoisotopic (exact) mass is 275 g/mol. The Bertz CT molecular complexity index is 505. The maximum atomic E-state index is 8.52. The molecule has 1 aromatic carbocycles. The second kappa shape index (κ2) is 7.36. The Hall–Kier alpha value is -2.26. The molecule has 1 fully saturated rings. The number of nitriles is 1. The summed E-state index contributed by atoms with van der Waals surface area (Å²) >= 11 is 0. The molecule has 0 atom stereocenters. The highest BCUT2D eigenvalue weighted by Gasteiger charge is 2.07. The van der Waals surface area contributed by atoms with Gasteiger partial charge < -0.3 is 14.2 Å². The molecule has 1 aromatic rings. The fourth-order valence-electron chi connectivity index (χ4n) is 1.81. The number of ether oxygens (including phenoxy) is 3. The molecule has 20 heavy (non-hydrogen) atoms. The zero-order valence-corrected chi connectivity index (χ0v) is 11.4. The van der Waals surface area contributed by atoms with Crippen LogP contribution in [0.1, 0.15) is 5.56 Å². The van der Waals surface area contributed by atoms with Crippen LogP contribution >= 0.6 is 0 Å². The first kappa shape index (κ1) is 14.2. The fraction of sp³-hybridized carbons (Fsp3) is 0.429. The van der Waals surface area contributed by atoms with Gasteiger partial charge in [0.05, 0.1) is 39.6 Å². The van der Waals surface area contributed by atoms with Crippen molar-refractivity contribution in [2.75, 3.05) is 40.0 Å². The van der Waals surface area contributed by atoms with Gasteiger partial charge in [0.15, 0.2) is 18.1 Å². The second-order valence-corrected chi connectivity index (χ2v) is 4.17. The minimum atomic E-state index is -0.00241. The fourth-order valence-corrected chi connectivity index (χ4v) is 1.81. The van der Waals surface area contributed by atoms with Crippen LogP contribution in [0.25, 0.3) is 0 Å². The molecule has 0 N–H and O–H groups in total. The van der Waals surface area contributed by atoms with Crippen LogP contribution in [0.15, 0.2) is 23.3 Å². The number of nitrogens with zero attached hydrogens (tertiary/aromatic N) is 3. The van der Waals surface area contributed by atoms with E-state index in [4.69, 9.17) is 19.5 Å². The Morgan fingerprint density at radius 3 is 2.90 bits per heavy atom. The minimum Gasteiger partial charge on any atom is -0.493 e. The van der Waals surface area contributed by atoms with Crippen molar-refractivity contribution < 1.29 is 14.2 Å². The number of rotatable bonds is 5. The molecule has 1 aliphatic rings. The van der Waals surface area contributed by atoms with Gasteiger partial charge in [-0.05, 0) is 23.8 Å². The van der Waals surface area contributed by atoms with E-state index in [1.807, 2.05) is 23.2 Å². The van der Waals surface area contributed by atoms with Crippen LogP contribution in [0.2, 0.25) is 0 Å². The topological polar surface area (TPSA) is 67.1 Å². The SMILES string of the molecule is COc1cc(/C=N\N2CCOCC2)ccc1OCC#N. The maximum absolute atomic E-state index is 8.52. The number of benzene rings is 1. The molecular weight excluding hydrogens is 258 g/mol. The van der Waals surface area contributed by atoms with Crippen molar-refractivity contribution in [2.24, 2.45) is 5.10 Å². The molecule has 6 nitrogen and oxygen atoms in total. The summed E-state index contributed by atoms with van der Waals surface area (Å²) in [4.78, 5) is 0. The van der Waals surface area contributed by atoms with Crippen molar-refractivity contribution in [3.05, 3.63) is 23.8 Å². The summed E-state index contributed by atoms with van der Waals surface area (Å²) in [5.74, 6) is 1.14. The molecule has 0 radical (unpaired) electrons. The van der Waals surface area contributed by atoms with Crippen LogP contribution in [0.3, 0.4) is 0 Å². The molecule has 0 aliphatic carbocycles. The molecular formula is C14H17N3O3. The largest absolute Gasteiger partial charge is 0.493 e. The molecule has 0 saturated carbocycles. The summed E-state index contributed by atoms with van der Waals surface area (Å²) in [7, 11) is 1.57. The lowest BCUT2D eigenvalue weighted by atomic mass is 10.2. The van der Waals surface area contributed by atoms with Gasteiger partial charge in [-0.3, -0.25) is 5.01 Å². The van der Waals surface area contributed by atoms with Gasteiger partial charge in [0, 0.05) is 0 Å². The minimum absolute atomic E-state index is 0.00241. The van der Waals surface area contributed by atoms with Gasteiger partial charge in [-0.1, -0.05) is 0 Å². The first-order valence-electron chi connectivity index (χ1n) is 6.38. The van der Waals surface area contributed by atoms with Crippen LogP contribution in [-0.4, -0.2) is 51.2 Å². The number of hydrogen-bond donors (Lipinski definition) is 0. The van der Waals surface area contributed by atoms with Gasteiger partial charge in [0.2, 0.25) is 0 Å². The Balaban J connectivity index is 2.04. The zero-order chi connectivity index (χ0) is 14.2. The number of morpholine rings is 1. The molecule has 0 amide bonds. The van der Waals surface area contributed by atoms with Crippen LogP contribution in [0.5, 0.6) is 11.5 Å². The highest BCUT2D eigenvalue weighted by molar-refractivity contribution is 5.80. The molecule has 0 spiro atoms. The van der Waals surface area contributed by atoms with Crippen LogP contribution in [0, 0.1) is 11.3 Å². The summed E-state index contributed by atoms with van der Waals surface area (Å²) in [6.45, 7) is 3.02. The molecule has 106 valence electrons. The van der Waals surface area contributed by atoms with E-state index in [0.29, 0.717) is 24.7 Å². The van der Waals surface area contributed by atoms with Crippen LogP contribution in [-0.2, 0) is 4.74 Å². The second-order valence-electron chi connectivity index (χ2n) is 4.17. The lowest BCUT2D eigenvalue weighted by Gasteiger charge is -2.23. The molecule has 2 rings (SSSR count). The molecule has 1 aliphatic heterocycles. The molecule has 6 heteroatoms. The average molecular weight is 275 g/mol. The van der Waals surface area contributed by atoms with Crippen molar-refractivity contribution in [2.45, 2.75) is 0 Å². The first-order chi connectivity index (χ1) is 9.83. The molecule has 0 unspecified atom stereocenters. The standard InChI is InChI=1S/C14H17N3O3/c1-18-14-10-12(2-3-13(14)20-7-4-15)11-16-17-5-8-19-9-6-17/h2-3,10-11H,5-9H2,1H3/b16-11-. The maximum Gasteiger partial charge on any atom is 0.174 e. The van der Waals surface area contributed by atoms with Crippen molar-refractivity contribution in [3.63, 3.8) is 0 Å². The highest BCUT2D eigenvalue weighted by Crippen LogP contribution is 2.27. The smallest absolute Gasteiger partial charge is 0.174 e. The molecule has 1 heterocycles. The van der Waals surface area contributed by atoms with E-state index in [0.717, 1.165) is 18.7 Å². The number of hydrazone groups is 1. The molecule has 0 bridgehead atoms. The Morgan fingerprint density at radius 2 is 2.20 bits per heavy atom. The van der Waals surface area contributed by atoms with E-state index >= 15 is 0 Å². The summed E-state index contributed by atoms with van der Waals surface area (Å²) in [5.41, 5.74) is 0.914. The number of methoxy groups -OCH3 is 1. The summed E-state index contributed by atoms with van der Waals surface area (Å²) < 4.78 is 15.8. The van der Waals surface area contributed by atoms with Crippen LogP contribution in [0.4, 0.5) is 0 Å². The van der Waals surface area contributed by atoms with E-state index in [1.165, 1.54) is 0 Å². The van der Waals surface area contributed by atoms with E-state index < -0.39 is 0 Å². The van der Waals surface area contributed by atoms with Gasteiger partial charge >= 0.3 is 0 Å². The normalized spacial score (nSPS) is 15.1. The van der Waals surface area contributed by atoms with Gasteiger partial charge in [0.25, 0.3) is 0 Å². The van der Waals surface area contributed by atoms with Gasteiger partial charge in [-0.25, -0.2) is 0 Å². The number of hydrogen-bond acceptors (Lipinski definition) is 6. The van der Waals surface area contributed by atoms with E-state index in [2.05, 4.69) is 5.10 Å². The zero-order valence-electron chi connectivity index (χ0n) is 11.4. The van der Waals surface area contributed by atoms with Crippen LogP contribution < -0.4 is 9.47 Å². The Labute approximate surface area is 118 Å². The third-order valence-corrected chi connectivity index (χ3v) is 2.84. The van der Waals surface area contributed by atoms with Crippen molar-refractivity contribution >= 4 is 6.21 Å². The predicted molar refractivity (Wildman–Crippen MR) is 74.1 cm³/mol. The van der Waals surface area contributed by atoms with E-state index in [9.17, 15) is 0 Å². The molecule has 0 aromatic heterocycles. The lowest BCUT2D eigenvalue weighted by molar-refractivity contribution is 0.0397. The summed E-state index contributed by atoms with van der Waals surface area (Å²) in [6, 6.07) is 7.41. The quantitative estimate of drug-likeness (QED) is 0.757.